The van der Waals surface area contributed by atoms with Crippen LogP contribution in [-0.2, 0) is 9.53 Å². The molecule has 0 N–H and O–H groups in total. The first-order valence-corrected chi connectivity index (χ1v) is 4.98. The minimum absolute atomic E-state index is 0.636. The van der Waals surface area contributed by atoms with Crippen molar-refractivity contribution < 1.29 is 14.3 Å². The van der Waals surface area contributed by atoms with E-state index >= 15 is 0 Å². The SMILES string of the molecule is CC(O[C]=O)Oc1cccc2ccccc12. The van der Waals surface area contributed by atoms with E-state index in [0.29, 0.717) is 5.75 Å². The Labute approximate surface area is 93.6 Å². The van der Waals surface area contributed by atoms with Crippen molar-refractivity contribution in [2.75, 3.05) is 0 Å². The quantitative estimate of drug-likeness (QED) is 0.735. The zero-order chi connectivity index (χ0) is 11.4. The summed E-state index contributed by atoms with van der Waals surface area (Å²) >= 11 is 0. The normalized spacial score (nSPS) is 12.1. The zero-order valence-corrected chi connectivity index (χ0v) is 8.84. The fourth-order valence-electron chi connectivity index (χ4n) is 1.57. The van der Waals surface area contributed by atoms with Gasteiger partial charge in [0.1, 0.15) is 5.75 Å². The molecule has 81 valence electrons. The van der Waals surface area contributed by atoms with Gasteiger partial charge in [0.05, 0.1) is 0 Å². The Morgan fingerprint density at radius 2 is 1.88 bits per heavy atom. The highest BCUT2D eigenvalue weighted by molar-refractivity contribution is 5.88. The van der Waals surface area contributed by atoms with Crippen molar-refractivity contribution in [3.63, 3.8) is 0 Å². The second kappa shape index (κ2) is 4.66. The van der Waals surface area contributed by atoms with Crippen molar-refractivity contribution in [1.29, 1.82) is 0 Å². The number of fused-ring (bicyclic) bond motifs is 1. The van der Waals surface area contributed by atoms with Gasteiger partial charge in [0.25, 0.3) is 0 Å². The van der Waals surface area contributed by atoms with Gasteiger partial charge in [0, 0.05) is 12.3 Å². The van der Waals surface area contributed by atoms with Gasteiger partial charge in [-0.2, -0.15) is 0 Å². The highest BCUT2D eigenvalue weighted by atomic mass is 16.7. The molecule has 0 aromatic heterocycles. The molecule has 0 heterocycles. The first kappa shape index (κ1) is 10.5. The second-order valence-corrected chi connectivity index (χ2v) is 3.36. The molecule has 0 aliphatic rings. The Balaban J connectivity index is 2.33. The van der Waals surface area contributed by atoms with E-state index in [0.717, 1.165) is 10.8 Å². The molecule has 0 saturated heterocycles. The summed E-state index contributed by atoms with van der Waals surface area (Å²) in [5.74, 6) is 0.695. The summed E-state index contributed by atoms with van der Waals surface area (Å²) in [5, 5.41) is 2.08. The highest BCUT2D eigenvalue weighted by Crippen LogP contribution is 2.25. The van der Waals surface area contributed by atoms with Crippen LogP contribution in [0.4, 0.5) is 0 Å². The molecule has 1 radical (unpaired) electrons. The molecular weight excluding hydrogens is 204 g/mol. The van der Waals surface area contributed by atoms with Crippen LogP contribution in [0.3, 0.4) is 0 Å². The maximum atomic E-state index is 10.0. The van der Waals surface area contributed by atoms with Crippen LogP contribution in [0.15, 0.2) is 42.5 Å². The molecule has 3 heteroatoms. The van der Waals surface area contributed by atoms with Crippen molar-refractivity contribution in [2.24, 2.45) is 0 Å². The van der Waals surface area contributed by atoms with E-state index < -0.39 is 6.29 Å². The van der Waals surface area contributed by atoms with Gasteiger partial charge >= 0.3 is 6.47 Å². The topological polar surface area (TPSA) is 35.5 Å². The van der Waals surface area contributed by atoms with Gasteiger partial charge in [-0.05, 0) is 11.5 Å². The summed E-state index contributed by atoms with van der Waals surface area (Å²) in [6.45, 7) is 3.01. The molecule has 2 rings (SSSR count). The van der Waals surface area contributed by atoms with E-state index in [1.165, 1.54) is 6.47 Å². The number of hydrogen-bond donors (Lipinski definition) is 0. The van der Waals surface area contributed by atoms with Crippen LogP contribution < -0.4 is 4.74 Å². The number of carbonyl (C=O) groups excluding carboxylic acids is 1. The number of hydrogen-bond acceptors (Lipinski definition) is 3. The fraction of sp³-hybridized carbons (Fsp3) is 0.154. The molecule has 2 aromatic rings. The standard InChI is InChI=1S/C13H11O3/c1-10(15-9-14)16-13-8-4-6-11-5-2-3-7-12(11)13/h2-8,10H,1H3. The Hall–Kier alpha value is -2.03. The summed E-state index contributed by atoms with van der Waals surface area (Å²) < 4.78 is 10.1. The van der Waals surface area contributed by atoms with Gasteiger partial charge in [0.15, 0.2) is 0 Å². The van der Waals surface area contributed by atoms with Gasteiger partial charge < -0.3 is 9.47 Å². The molecule has 0 aliphatic heterocycles. The molecular formula is C13H11O3. The number of benzene rings is 2. The molecule has 2 aromatic carbocycles. The van der Waals surface area contributed by atoms with Gasteiger partial charge in [-0.1, -0.05) is 36.4 Å². The van der Waals surface area contributed by atoms with Crippen LogP contribution in [-0.4, -0.2) is 12.8 Å². The van der Waals surface area contributed by atoms with E-state index in [4.69, 9.17) is 4.74 Å². The average Bonchev–Trinajstić information content (AvgIpc) is 2.30. The Kier molecular flexibility index (Phi) is 3.05. The summed E-state index contributed by atoms with van der Waals surface area (Å²) in [7, 11) is 0. The maximum absolute atomic E-state index is 10.0. The molecule has 0 saturated carbocycles. The number of rotatable bonds is 4. The highest BCUT2D eigenvalue weighted by Gasteiger charge is 2.06. The third-order valence-corrected chi connectivity index (χ3v) is 2.26. The summed E-state index contributed by atoms with van der Waals surface area (Å²) in [6.07, 6.45) is -0.636. The molecule has 0 spiro atoms. The van der Waals surface area contributed by atoms with Crippen LogP contribution in [0.2, 0.25) is 0 Å². The molecule has 1 unspecified atom stereocenters. The van der Waals surface area contributed by atoms with E-state index in [9.17, 15) is 4.79 Å². The smallest absolute Gasteiger partial charge is 0.420 e. The average molecular weight is 215 g/mol. The van der Waals surface area contributed by atoms with Gasteiger partial charge in [-0.3, -0.25) is 0 Å². The lowest BCUT2D eigenvalue weighted by atomic mass is 10.1. The van der Waals surface area contributed by atoms with Crippen molar-refractivity contribution in [2.45, 2.75) is 13.2 Å². The Morgan fingerprint density at radius 1 is 1.12 bits per heavy atom. The molecule has 1 atom stereocenters. The third-order valence-electron chi connectivity index (χ3n) is 2.26. The van der Waals surface area contributed by atoms with Crippen molar-refractivity contribution >= 4 is 17.2 Å². The molecule has 0 amide bonds. The van der Waals surface area contributed by atoms with Crippen molar-refractivity contribution in [3.05, 3.63) is 42.5 Å². The summed E-state index contributed by atoms with van der Waals surface area (Å²) in [6, 6.07) is 13.6. The lowest BCUT2D eigenvalue weighted by Crippen LogP contribution is -2.15. The largest absolute Gasteiger partial charge is 0.454 e. The third kappa shape index (κ3) is 2.14. The lowest BCUT2D eigenvalue weighted by Gasteiger charge is -2.13. The van der Waals surface area contributed by atoms with E-state index in [-0.39, 0.29) is 0 Å². The van der Waals surface area contributed by atoms with Gasteiger partial charge in [-0.25, -0.2) is 4.79 Å². The van der Waals surface area contributed by atoms with Crippen LogP contribution in [0.1, 0.15) is 6.92 Å². The van der Waals surface area contributed by atoms with Gasteiger partial charge in [0.2, 0.25) is 6.29 Å². The molecule has 0 aliphatic carbocycles. The lowest BCUT2D eigenvalue weighted by molar-refractivity contribution is 0.0106. The first-order chi connectivity index (χ1) is 7.81. The Bertz CT molecular complexity index is 488. The minimum atomic E-state index is -0.636. The minimum Gasteiger partial charge on any atom is -0.454 e. The zero-order valence-electron chi connectivity index (χ0n) is 8.84. The van der Waals surface area contributed by atoms with Gasteiger partial charge in [-0.15, -0.1) is 0 Å². The molecule has 16 heavy (non-hydrogen) atoms. The van der Waals surface area contributed by atoms with E-state index in [2.05, 4.69) is 4.74 Å². The monoisotopic (exact) mass is 215 g/mol. The second-order valence-electron chi connectivity index (χ2n) is 3.36. The van der Waals surface area contributed by atoms with Crippen LogP contribution >= 0.6 is 0 Å². The molecule has 0 bridgehead atoms. The summed E-state index contributed by atoms with van der Waals surface area (Å²) in [5.41, 5.74) is 0. The van der Waals surface area contributed by atoms with Crippen LogP contribution in [0, 0.1) is 0 Å². The van der Waals surface area contributed by atoms with Crippen LogP contribution in [0.5, 0.6) is 5.75 Å². The van der Waals surface area contributed by atoms with E-state index in [1.54, 1.807) is 6.92 Å². The molecule has 3 nitrogen and oxygen atoms in total. The predicted octanol–water partition coefficient (Wildman–Crippen LogP) is 2.65. The first-order valence-electron chi connectivity index (χ1n) is 4.98. The number of ether oxygens (including phenoxy) is 2. The van der Waals surface area contributed by atoms with Crippen molar-refractivity contribution in [3.8, 4) is 5.75 Å². The van der Waals surface area contributed by atoms with Crippen LogP contribution in [0.25, 0.3) is 10.8 Å². The maximum Gasteiger partial charge on any atom is 0.420 e. The molecule has 0 fully saturated rings. The predicted molar refractivity (Wildman–Crippen MR) is 60.8 cm³/mol. The van der Waals surface area contributed by atoms with E-state index in [1.807, 2.05) is 42.5 Å². The summed E-state index contributed by atoms with van der Waals surface area (Å²) in [4.78, 5) is 10.0. The fourth-order valence-corrected chi connectivity index (χ4v) is 1.57. The Morgan fingerprint density at radius 3 is 2.69 bits per heavy atom. The van der Waals surface area contributed by atoms with Crippen molar-refractivity contribution in [1.82, 2.24) is 0 Å².